The van der Waals surface area contributed by atoms with Gasteiger partial charge in [0.15, 0.2) is 5.60 Å². The molecule has 1 amide bonds. The predicted molar refractivity (Wildman–Crippen MR) is 113 cm³/mol. The summed E-state index contributed by atoms with van der Waals surface area (Å²) < 4.78 is 6.31. The number of carbonyl (C=O) groups is 1. The Morgan fingerprint density at radius 1 is 1.07 bits per heavy atom. The van der Waals surface area contributed by atoms with Crippen LogP contribution < -0.4 is 10.1 Å². The minimum Gasteiger partial charge on any atom is -0.477 e. The maximum Gasteiger partial charge on any atom is 0.268 e. The van der Waals surface area contributed by atoms with Gasteiger partial charge in [-0.2, -0.15) is 0 Å². The SMILES string of the molecule is CCCc1cc(OC(C)(C(=O)Nc2ccccc2)C(C)C)ccc1C(C)C. The Hall–Kier alpha value is -2.29. The zero-order chi connectivity index (χ0) is 20.0. The number of ether oxygens (including phenoxy) is 1. The van der Waals surface area contributed by atoms with Gasteiger partial charge >= 0.3 is 0 Å². The van der Waals surface area contributed by atoms with Crippen LogP contribution in [0.1, 0.15) is 65.0 Å². The molecule has 146 valence electrons. The number of rotatable bonds is 8. The molecule has 1 atom stereocenters. The molecule has 3 heteroatoms. The van der Waals surface area contributed by atoms with Crippen LogP contribution in [0.2, 0.25) is 0 Å². The number of hydrogen-bond donors (Lipinski definition) is 1. The third kappa shape index (κ3) is 5.12. The standard InChI is InChI=1S/C24H33NO2/c1-7-11-19-16-21(14-15-22(19)17(2)3)27-24(6,18(4)5)23(26)25-20-12-9-8-10-13-20/h8-10,12-18H,7,11H2,1-6H3,(H,25,26). The van der Waals surface area contributed by atoms with Gasteiger partial charge in [-0.05, 0) is 54.7 Å². The topological polar surface area (TPSA) is 38.3 Å². The number of amides is 1. The number of benzene rings is 2. The molecular weight excluding hydrogens is 334 g/mol. The van der Waals surface area contributed by atoms with E-state index in [1.54, 1.807) is 0 Å². The van der Waals surface area contributed by atoms with Crippen molar-refractivity contribution in [2.24, 2.45) is 5.92 Å². The second-order valence-electron chi connectivity index (χ2n) is 7.95. The first-order valence-corrected chi connectivity index (χ1v) is 9.96. The van der Waals surface area contributed by atoms with E-state index in [4.69, 9.17) is 4.74 Å². The van der Waals surface area contributed by atoms with Gasteiger partial charge in [0.2, 0.25) is 0 Å². The lowest BCUT2D eigenvalue weighted by atomic mass is 9.90. The quantitative estimate of drug-likeness (QED) is 0.603. The van der Waals surface area contributed by atoms with Crippen molar-refractivity contribution in [1.82, 2.24) is 0 Å². The molecule has 0 spiro atoms. The first-order valence-electron chi connectivity index (χ1n) is 9.96. The summed E-state index contributed by atoms with van der Waals surface area (Å²) in [6, 6.07) is 15.8. The zero-order valence-corrected chi connectivity index (χ0v) is 17.5. The van der Waals surface area contributed by atoms with Crippen LogP contribution in [-0.4, -0.2) is 11.5 Å². The molecule has 1 unspecified atom stereocenters. The molecule has 0 aliphatic rings. The Kier molecular flexibility index (Phi) is 7.06. The summed E-state index contributed by atoms with van der Waals surface area (Å²) in [5, 5.41) is 2.99. The molecule has 0 radical (unpaired) electrons. The Morgan fingerprint density at radius 3 is 2.30 bits per heavy atom. The van der Waals surface area contributed by atoms with Crippen molar-refractivity contribution in [3.8, 4) is 5.75 Å². The van der Waals surface area contributed by atoms with Gasteiger partial charge in [-0.25, -0.2) is 0 Å². The third-order valence-corrected chi connectivity index (χ3v) is 5.17. The van der Waals surface area contributed by atoms with Crippen LogP contribution in [0, 0.1) is 5.92 Å². The van der Waals surface area contributed by atoms with Gasteiger partial charge in [0, 0.05) is 11.6 Å². The summed E-state index contributed by atoms with van der Waals surface area (Å²) in [7, 11) is 0. The average molecular weight is 368 g/mol. The van der Waals surface area contributed by atoms with Gasteiger partial charge in [0.1, 0.15) is 5.75 Å². The lowest BCUT2D eigenvalue weighted by molar-refractivity contribution is -0.133. The zero-order valence-electron chi connectivity index (χ0n) is 17.5. The highest BCUT2D eigenvalue weighted by atomic mass is 16.5. The van der Waals surface area contributed by atoms with Crippen molar-refractivity contribution in [3.63, 3.8) is 0 Å². The summed E-state index contributed by atoms with van der Waals surface area (Å²) in [4.78, 5) is 13.0. The Bertz CT molecular complexity index is 752. The average Bonchev–Trinajstić information content (AvgIpc) is 2.62. The number of anilines is 1. The van der Waals surface area contributed by atoms with E-state index < -0.39 is 5.60 Å². The molecule has 2 rings (SSSR count). The number of nitrogens with one attached hydrogen (secondary N) is 1. The summed E-state index contributed by atoms with van der Waals surface area (Å²) >= 11 is 0. The molecule has 0 aliphatic heterocycles. The van der Waals surface area contributed by atoms with Crippen molar-refractivity contribution >= 4 is 11.6 Å². The highest BCUT2D eigenvalue weighted by molar-refractivity contribution is 5.97. The van der Waals surface area contributed by atoms with Crippen LogP contribution >= 0.6 is 0 Å². The van der Waals surface area contributed by atoms with Crippen LogP contribution in [0.25, 0.3) is 0 Å². The number of hydrogen-bond acceptors (Lipinski definition) is 2. The highest BCUT2D eigenvalue weighted by Gasteiger charge is 2.39. The minimum atomic E-state index is -0.960. The third-order valence-electron chi connectivity index (χ3n) is 5.17. The Balaban J connectivity index is 2.29. The lowest BCUT2D eigenvalue weighted by Crippen LogP contribution is -2.49. The second-order valence-corrected chi connectivity index (χ2v) is 7.95. The first kappa shape index (κ1) is 21.0. The molecule has 2 aromatic carbocycles. The summed E-state index contributed by atoms with van der Waals surface area (Å²) in [5.74, 6) is 1.11. The molecule has 0 bridgehead atoms. The molecule has 0 aliphatic carbocycles. The molecule has 0 saturated carbocycles. The second kappa shape index (κ2) is 9.07. The molecule has 1 N–H and O–H groups in total. The fourth-order valence-corrected chi connectivity index (χ4v) is 3.14. The molecule has 3 nitrogen and oxygen atoms in total. The monoisotopic (exact) mass is 367 g/mol. The molecule has 27 heavy (non-hydrogen) atoms. The van der Waals surface area contributed by atoms with E-state index in [1.807, 2.05) is 57.2 Å². The summed E-state index contributed by atoms with van der Waals surface area (Å²) in [6.45, 7) is 12.5. The van der Waals surface area contributed by atoms with Gasteiger partial charge in [-0.3, -0.25) is 4.79 Å². The highest BCUT2D eigenvalue weighted by Crippen LogP contribution is 2.31. The van der Waals surface area contributed by atoms with Gasteiger partial charge in [0.25, 0.3) is 5.91 Å². The van der Waals surface area contributed by atoms with Gasteiger partial charge in [-0.15, -0.1) is 0 Å². The minimum absolute atomic E-state index is 0.0145. The largest absolute Gasteiger partial charge is 0.477 e. The smallest absolute Gasteiger partial charge is 0.268 e. The van der Waals surface area contributed by atoms with E-state index in [2.05, 4.69) is 38.2 Å². The lowest BCUT2D eigenvalue weighted by Gasteiger charge is -2.33. The van der Waals surface area contributed by atoms with E-state index in [9.17, 15) is 4.79 Å². The molecular formula is C24H33NO2. The van der Waals surface area contributed by atoms with Gasteiger partial charge in [-0.1, -0.05) is 65.3 Å². The predicted octanol–water partition coefficient (Wildman–Crippen LogP) is 6.19. The normalized spacial score (nSPS) is 13.5. The van der Waals surface area contributed by atoms with Crippen LogP contribution in [-0.2, 0) is 11.2 Å². The van der Waals surface area contributed by atoms with E-state index in [0.717, 1.165) is 24.3 Å². The Morgan fingerprint density at radius 2 is 1.74 bits per heavy atom. The van der Waals surface area contributed by atoms with Crippen LogP contribution in [0.3, 0.4) is 0 Å². The Labute approximate surface area is 164 Å². The number of aryl methyl sites for hydroxylation is 1. The number of para-hydroxylation sites is 1. The summed E-state index contributed by atoms with van der Waals surface area (Å²) in [5.41, 5.74) is 2.47. The van der Waals surface area contributed by atoms with E-state index in [0.29, 0.717) is 5.92 Å². The maximum absolute atomic E-state index is 13.0. The van der Waals surface area contributed by atoms with Crippen molar-refractivity contribution in [2.75, 3.05) is 5.32 Å². The van der Waals surface area contributed by atoms with E-state index in [-0.39, 0.29) is 11.8 Å². The van der Waals surface area contributed by atoms with Crippen molar-refractivity contribution in [2.45, 2.75) is 65.9 Å². The van der Waals surface area contributed by atoms with Crippen LogP contribution in [0.15, 0.2) is 48.5 Å². The van der Waals surface area contributed by atoms with Gasteiger partial charge < -0.3 is 10.1 Å². The fraction of sp³-hybridized carbons (Fsp3) is 0.458. The van der Waals surface area contributed by atoms with E-state index in [1.165, 1.54) is 11.1 Å². The van der Waals surface area contributed by atoms with Crippen molar-refractivity contribution < 1.29 is 9.53 Å². The first-order chi connectivity index (χ1) is 12.8. The maximum atomic E-state index is 13.0. The van der Waals surface area contributed by atoms with Crippen LogP contribution in [0.4, 0.5) is 5.69 Å². The molecule has 2 aromatic rings. The molecule has 0 saturated heterocycles. The molecule has 0 fully saturated rings. The fourth-order valence-electron chi connectivity index (χ4n) is 3.14. The summed E-state index contributed by atoms with van der Waals surface area (Å²) in [6.07, 6.45) is 2.10. The molecule has 0 heterocycles. The van der Waals surface area contributed by atoms with Gasteiger partial charge in [0.05, 0.1) is 0 Å². The van der Waals surface area contributed by atoms with Crippen LogP contribution in [0.5, 0.6) is 5.75 Å². The number of carbonyl (C=O) groups excluding carboxylic acids is 1. The molecule has 0 aromatic heterocycles. The van der Waals surface area contributed by atoms with Crippen molar-refractivity contribution in [3.05, 3.63) is 59.7 Å². The van der Waals surface area contributed by atoms with Crippen molar-refractivity contribution in [1.29, 1.82) is 0 Å². The van der Waals surface area contributed by atoms with E-state index >= 15 is 0 Å².